The van der Waals surface area contributed by atoms with Gasteiger partial charge in [0.1, 0.15) is 5.75 Å². The average Bonchev–Trinajstić information content (AvgIpc) is 2.60. The number of sulfonamides is 1. The van der Waals surface area contributed by atoms with Crippen molar-refractivity contribution in [3.05, 3.63) is 71.1 Å². The van der Waals surface area contributed by atoms with Gasteiger partial charge < -0.3 is 4.74 Å². The minimum Gasteiger partial charge on any atom is -0.494 e. The zero-order valence-corrected chi connectivity index (χ0v) is 13.9. The predicted molar refractivity (Wildman–Crippen MR) is 92.6 cm³/mol. The summed E-state index contributed by atoms with van der Waals surface area (Å²) >= 11 is 0. The Morgan fingerprint density at radius 1 is 1.08 bits per heavy atom. The van der Waals surface area contributed by atoms with E-state index in [1.165, 1.54) is 6.08 Å². The molecule has 0 aromatic heterocycles. The lowest BCUT2D eigenvalue weighted by Gasteiger charge is -2.07. The van der Waals surface area contributed by atoms with E-state index in [1.807, 2.05) is 17.8 Å². The number of carbonyl (C=O) groups excluding carboxylic acids is 1. The fourth-order valence-electron chi connectivity index (χ4n) is 1.83. The summed E-state index contributed by atoms with van der Waals surface area (Å²) in [6, 6.07) is 15.4. The second-order valence-electron chi connectivity index (χ2n) is 4.77. The van der Waals surface area contributed by atoms with Crippen LogP contribution in [0.1, 0.15) is 22.8 Å². The highest BCUT2D eigenvalue weighted by Gasteiger charge is 2.10. The summed E-state index contributed by atoms with van der Waals surface area (Å²) in [5, 5.41) is 0.987. The SMILES string of the molecule is CCOc1ccc(C(=O)NNS(=O)(=O)/C=C/c2ccccc2)cc1. The van der Waals surface area contributed by atoms with Crippen LogP contribution in [0.25, 0.3) is 6.08 Å². The number of benzene rings is 2. The van der Waals surface area contributed by atoms with Crippen molar-refractivity contribution in [1.29, 1.82) is 0 Å². The van der Waals surface area contributed by atoms with Crippen molar-refractivity contribution in [2.45, 2.75) is 6.92 Å². The second kappa shape index (κ2) is 8.28. The van der Waals surface area contributed by atoms with Gasteiger partial charge in [-0.2, -0.15) is 0 Å². The van der Waals surface area contributed by atoms with E-state index in [0.29, 0.717) is 17.9 Å². The molecule has 2 rings (SSSR count). The monoisotopic (exact) mass is 346 g/mol. The van der Waals surface area contributed by atoms with Crippen molar-refractivity contribution >= 4 is 22.0 Å². The number of amides is 1. The summed E-state index contributed by atoms with van der Waals surface area (Å²) in [6.45, 7) is 2.39. The molecule has 0 atom stereocenters. The molecule has 1 amide bonds. The fraction of sp³-hybridized carbons (Fsp3) is 0.118. The highest BCUT2D eigenvalue weighted by molar-refractivity contribution is 7.92. The maximum Gasteiger partial charge on any atom is 0.266 e. The quantitative estimate of drug-likeness (QED) is 0.754. The van der Waals surface area contributed by atoms with Gasteiger partial charge in [0.05, 0.1) is 6.61 Å². The molecular weight excluding hydrogens is 328 g/mol. The Bertz CT molecular complexity index is 800. The first-order valence-corrected chi connectivity index (χ1v) is 8.83. The van der Waals surface area contributed by atoms with Crippen LogP contribution in [0.4, 0.5) is 0 Å². The normalized spacial score (nSPS) is 11.4. The van der Waals surface area contributed by atoms with Crippen LogP contribution in [-0.4, -0.2) is 20.9 Å². The summed E-state index contributed by atoms with van der Waals surface area (Å²) in [5.41, 5.74) is 3.21. The first kappa shape index (κ1) is 17.7. The molecule has 0 radical (unpaired) electrons. The number of hydrogen-bond donors (Lipinski definition) is 2. The molecule has 2 aromatic rings. The van der Waals surface area contributed by atoms with Crippen LogP contribution < -0.4 is 15.0 Å². The average molecular weight is 346 g/mol. The van der Waals surface area contributed by atoms with Crippen LogP contribution >= 0.6 is 0 Å². The number of ether oxygens (including phenoxy) is 1. The van der Waals surface area contributed by atoms with E-state index in [2.05, 4.69) is 5.43 Å². The Morgan fingerprint density at radius 2 is 1.75 bits per heavy atom. The van der Waals surface area contributed by atoms with Gasteiger partial charge in [-0.15, -0.1) is 4.83 Å². The Morgan fingerprint density at radius 3 is 2.38 bits per heavy atom. The van der Waals surface area contributed by atoms with Crippen LogP contribution in [0.5, 0.6) is 5.75 Å². The van der Waals surface area contributed by atoms with Crippen LogP contribution in [0.3, 0.4) is 0 Å². The highest BCUT2D eigenvalue weighted by atomic mass is 32.2. The van der Waals surface area contributed by atoms with Gasteiger partial charge in [-0.25, -0.2) is 8.42 Å². The summed E-state index contributed by atoms with van der Waals surface area (Å²) in [5.74, 6) is 0.0789. The molecule has 0 spiro atoms. The predicted octanol–water partition coefficient (Wildman–Crippen LogP) is 2.32. The fourth-order valence-corrected chi connectivity index (χ4v) is 2.46. The van der Waals surface area contributed by atoms with Gasteiger partial charge >= 0.3 is 0 Å². The molecule has 0 bridgehead atoms. The van der Waals surface area contributed by atoms with Gasteiger partial charge in [-0.3, -0.25) is 10.2 Å². The molecule has 7 heteroatoms. The van der Waals surface area contributed by atoms with E-state index in [9.17, 15) is 13.2 Å². The molecule has 24 heavy (non-hydrogen) atoms. The Balaban J connectivity index is 1.93. The summed E-state index contributed by atoms with van der Waals surface area (Å²) in [6.07, 6.45) is 1.44. The number of rotatable bonds is 7. The largest absolute Gasteiger partial charge is 0.494 e. The maximum atomic E-state index is 11.9. The van der Waals surface area contributed by atoms with Crippen LogP contribution in [-0.2, 0) is 10.0 Å². The third kappa shape index (κ3) is 5.53. The lowest BCUT2D eigenvalue weighted by Crippen LogP contribution is -2.40. The van der Waals surface area contributed by atoms with E-state index < -0.39 is 15.9 Å². The highest BCUT2D eigenvalue weighted by Crippen LogP contribution is 2.11. The summed E-state index contributed by atoms with van der Waals surface area (Å²) in [4.78, 5) is 14.0. The van der Waals surface area contributed by atoms with E-state index in [1.54, 1.807) is 48.5 Å². The van der Waals surface area contributed by atoms with Gasteiger partial charge in [0.15, 0.2) is 0 Å². The van der Waals surface area contributed by atoms with E-state index in [4.69, 9.17) is 4.74 Å². The minimum absolute atomic E-state index is 0.313. The van der Waals surface area contributed by atoms with Gasteiger partial charge in [0.25, 0.3) is 15.9 Å². The lowest BCUT2D eigenvalue weighted by atomic mass is 10.2. The first-order chi connectivity index (χ1) is 11.5. The van der Waals surface area contributed by atoms with Crippen molar-refractivity contribution in [2.75, 3.05) is 6.61 Å². The Labute approximate surface area is 141 Å². The number of carbonyl (C=O) groups is 1. The molecule has 0 saturated heterocycles. The lowest BCUT2D eigenvalue weighted by molar-refractivity contribution is 0.0945. The maximum absolute atomic E-state index is 11.9. The molecule has 6 nitrogen and oxygen atoms in total. The number of nitrogens with one attached hydrogen (secondary N) is 2. The zero-order valence-electron chi connectivity index (χ0n) is 13.1. The Hall–Kier alpha value is -2.64. The van der Waals surface area contributed by atoms with Gasteiger partial charge in [-0.05, 0) is 42.8 Å². The standard InChI is InChI=1S/C17H18N2O4S/c1-2-23-16-10-8-15(9-11-16)17(20)18-19-24(21,22)13-12-14-6-4-3-5-7-14/h3-13,19H,2H2,1H3,(H,18,20)/b13-12+. The third-order valence-electron chi connectivity index (χ3n) is 2.97. The smallest absolute Gasteiger partial charge is 0.266 e. The molecule has 126 valence electrons. The Kier molecular flexibility index (Phi) is 6.11. The molecule has 0 aliphatic rings. The van der Waals surface area contributed by atoms with E-state index in [-0.39, 0.29) is 0 Å². The van der Waals surface area contributed by atoms with Gasteiger partial charge in [0, 0.05) is 11.0 Å². The van der Waals surface area contributed by atoms with Crippen LogP contribution in [0.15, 0.2) is 60.0 Å². The van der Waals surface area contributed by atoms with Crippen molar-refractivity contribution in [3.8, 4) is 5.75 Å². The summed E-state index contributed by atoms with van der Waals surface area (Å²) < 4.78 is 29.0. The zero-order chi connectivity index (χ0) is 17.4. The minimum atomic E-state index is -3.79. The number of hydrogen-bond acceptors (Lipinski definition) is 4. The van der Waals surface area contributed by atoms with Crippen LogP contribution in [0, 0.1) is 0 Å². The van der Waals surface area contributed by atoms with Crippen molar-refractivity contribution in [2.24, 2.45) is 0 Å². The topological polar surface area (TPSA) is 84.5 Å². The molecule has 0 aliphatic carbocycles. The van der Waals surface area contributed by atoms with Crippen molar-refractivity contribution in [1.82, 2.24) is 10.3 Å². The molecule has 0 unspecified atom stereocenters. The van der Waals surface area contributed by atoms with Crippen LogP contribution in [0.2, 0.25) is 0 Å². The molecule has 2 N–H and O–H groups in total. The van der Waals surface area contributed by atoms with Crippen molar-refractivity contribution in [3.63, 3.8) is 0 Å². The molecule has 0 heterocycles. The van der Waals surface area contributed by atoms with Gasteiger partial charge in [-0.1, -0.05) is 30.3 Å². The van der Waals surface area contributed by atoms with Gasteiger partial charge in [0.2, 0.25) is 0 Å². The molecule has 2 aromatic carbocycles. The summed E-state index contributed by atoms with van der Waals surface area (Å²) in [7, 11) is -3.79. The molecule has 0 fully saturated rings. The molecule has 0 saturated carbocycles. The first-order valence-electron chi connectivity index (χ1n) is 7.28. The molecular formula is C17H18N2O4S. The van der Waals surface area contributed by atoms with E-state index in [0.717, 1.165) is 11.0 Å². The van der Waals surface area contributed by atoms with E-state index >= 15 is 0 Å². The van der Waals surface area contributed by atoms with Crippen molar-refractivity contribution < 1.29 is 17.9 Å². The second-order valence-corrected chi connectivity index (χ2v) is 6.34. The molecule has 0 aliphatic heterocycles. The third-order valence-corrected chi connectivity index (χ3v) is 3.85. The number of hydrazine groups is 1.